The molecule has 0 spiro atoms. The summed E-state index contributed by atoms with van der Waals surface area (Å²) in [5.41, 5.74) is 0.767. The lowest BCUT2D eigenvalue weighted by atomic mass is 10.0. The van der Waals surface area contributed by atoms with Gasteiger partial charge in [0.2, 0.25) is 11.5 Å². The molecule has 2 aromatic rings. The van der Waals surface area contributed by atoms with Crippen LogP contribution in [0.1, 0.15) is 16.9 Å². The van der Waals surface area contributed by atoms with E-state index in [9.17, 15) is 19.5 Å². The minimum Gasteiger partial charge on any atom is -0.390 e. The Morgan fingerprint density at radius 1 is 1.12 bits per heavy atom. The molecule has 0 saturated carbocycles. The van der Waals surface area contributed by atoms with Crippen molar-refractivity contribution in [3.8, 4) is 0 Å². The minimum atomic E-state index is -0.626. The first-order chi connectivity index (χ1) is 12.5. The molecule has 0 radical (unpaired) electrons. The van der Waals surface area contributed by atoms with E-state index in [0.29, 0.717) is 18.0 Å². The molecule has 26 heavy (non-hydrogen) atoms. The van der Waals surface area contributed by atoms with Crippen molar-refractivity contribution in [2.24, 2.45) is 5.92 Å². The first kappa shape index (κ1) is 17.8. The highest BCUT2D eigenvalue weighted by Crippen LogP contribution is 2.20. The van der Waals surface area contributed by atoms with Crippen LogP contribution in [0.2, 0.25) is 0 Å². The number of H-pyrrole nitrogens is 1. The molecule has 2 heterocycles. The molecule has 4 N–H and O–H groups in total. The van der Waals surface area contributed by atoms with Crippen LogP contribution in [0.5, 0.6) is 0 Å². The van der Waals surface area contributed by atoms with Gasteiger partial charge in [-0.05, 0) is 24.3 Å². The summed E-state index contributed by atoms with van der Waals surface area (Å²) in [4.78, 5) is 38.0. The number of carbonyl (C=O) groups excluding carboxylic acids is 2. The minimum absolute atomic E-state index is 0.141. The fraction of sp³-hybridized carbons (Fsp3) is 0.278. The summed E-state index contributed by atoms with van der Waals surface area (Å²) in [6.45, 7) is 0.612. The quantitative estimate of drug-likeness (QED) is 0.635. The van der Waals surface area contributed by atoms with Gasteiger partial charge in [0.25, 0.3) is 5.91 Å². The summed E-state index contributed by atoms with van der Waals surface area (Å²) in [6, 6.07) is 11.0. The molecule has 2 amide bonds. The number of aromatic nitrogens is 1. The zero-order valence-electron chi connectivity index (χ0n) is 13.9. The Hall–Kier alpha value is -2.97. The number of hydrogen-bond acceptors (Lipinski definition) is 5. The lowest BCUT2D eigenvalue weighted by Gasteiger charge is -2.13. The molecule has 1 fully saturated rings. The van der Waals surface area contributed by atoms with Crippen molar-refractivity contribution < 1.29 is 19.4 Å². The van der Waals surface area contributed by atoms with E-state index < -0.39 is 12.0 Å². The van der Waals surface area contributed by atoms with Crippen LogP contribution in [-0.2, 0) is 9.53 Å². The number of hydrogen-bond donors (Lipinski definition) is 4. The summed E-state index contributed by atoms with van der Waals surface area (Å²) < 4.78 is 5.13. The van der Waals surface area contributed by atoms with Crippen molar-refractivity contribution >= 4 is 23.2 Å². The normalized spacial score (nSPS) is 19.1. The van der Waals surface area contributed by atoms with E-state index >= 15 is 0 Å². The zero-order chi connectivity index (χ0) is 18.5. The molecule has 0 bridgehead atoms. The highest BCUT2D eigenvalue weighted by atomic mass is 16.5. The Labute approximate surface area is 149 Å². The van der Waals surface area contributed by atoms with Crippen LogP contribution < -0.4 is 16.2 Å². The van der Waals surface area contributed by atoms with Gasteiger partial charge in [-0.25, -0.2) is 0 Å². The summed E-state index contributed by atoms with van der Waals surface area (Å²) >= 11 is 0. The lowest BCUT2D eigenvalue weighted by Crippen LogP contribution is -2.24. The molecule has 8 nitrogen and oxygen atoms in total. The second-order valence-electron chi connectivity index (χ2n) is 6.08. The molecular formula is C18H19N3O5. The molecule has 136 valence electrons. The number of pyridine rings is 1. The van der Waals surface area contributed by atoms with Gasteiger partial charge in [-0.15, -0.1) is 0 Å². The summed E-state index contributed by atoms with van der Waals surface area (Å²) in [6.07, 6.45) is -0.470. The van der Waals surface area contributed by atoms with Gasteiger partial charge < -0.3 is 25.5 Å². The third kappa shape index (κ3) is 4.56. The van der Waals surface area contributed by atoms with E-state index in [4.69, 9.17) is 4.74 Å². The van der Waals surface area contributed by atoms with Gasteiger partial charge in [0.05, 0.1) is 19.3 Å². The molecule has 8 heteroatoms. The maximum absolute atomic E-state index is 12.2. The number of carbonyl (C=O) groups is 2. The molecule has 1 saturated heterocycles. The molecule has 0 unspecified atom stereocenters. The van der Waals surface area contributed by atoms with Crippen molar-refractivity contribution in [3.63, 3.8) is 0 Å². The number of aliphatic hydroxyl groups is 1. The van der Waals surface area contributed by atoms with Crippen molar-refractivity contribution in [1.82, 2.24) is 4.98 Å². The highest BCUT2D eigenvalue weighted by Gasteiger charge is 2.28. The topological polar surface area (TPSA) is 121 Å². The maximum Gasteiger partial charge on any atom is 0.272 e. The first-order valence-electron chi connectivity index (χ1n) is 8.17. The van der Waals surface area contributed by atoms with E-state index in [-0.39, 0.29) is 36.1 Å². The fourth-order valence-electron chi connectivity index (χ4n) is 2.69. The van der Waals surface area contributed by atoms with Gasteiger partial charge in [0.15, 0.2) is 0 Å². The monoisotopic (exact) mass is 357 g/mol. The van der Waals surface area contributed by atoms with Crippen molar-refractivity contribution in [3.05, 3.63) is 58.5 Å². The molecule has 1 aromatic heterocycles. The number of benzene rings is 1. The summed E-state index contributed by atoms with van der Waals surface area (Å²) in [7, 11) is 0. The molecule has 1 aromatic carbocycles. The predicted molar refractivity (Wildman–Crippen MR) is 95.0 cm³/mol. The number of nitrogens with one attached hydrogen (secondary N) is 3. The molecule has 0 aliphatic carbocycles. The average molecular weight is 357 g/mol. The van der Waals surface area contributed by atoms with Gasteiger partial charge in [-0.2, -0.15) is 0 Å². The SMILES string of the molecule is O=C(C[C@@H]1COC[C@H]1O)Nc1cccc(NC(=O)c2cccc(=O)[nH]2)c1. The first-order valence-corrected chi connectivity index (χ1v) is 8.17. The Morgan fingerprint density at radius 3 is 2.54 bits per heavy atom. The average Bonchev–Trinajstić information content (AvgIpc) is 3.00. The van der Waals surface area contributed by atoms with E-state index in [0.717, 1.165) is 0 Å². The second-order valence-corrected chi connectivity index (χ2v) is 6.08. The van der Waals surface area contributed by atoms with Gasteiger partial charge >= 0.3 is 0 Å². The van der Waals surface area contributed by atoms with Crippen LogP contribution in [0, 0.1) is 5.92 Å². The molecular weight excluding hydrogens is 338 g/mol. The van der Waals surface area contributed by atoms with E-state index in [1.165, 1.54) is 18.2 Å². The van der Waals surface area contributed by atoms with E-state index in [1.807, 2.05) is 0 Å². The van der Waals surface area contributed by atoms with Crippen LogP contribution in [0.3, 0.4) is 0 Å². The smallest absolute Gasteiger partial charge is 0.272 e. The van der Waals surface area contributed by atoms with Crippen molar-refractivity contribution in [2.45, 2.75) is 12.5 Å². The van der Waals surface area contributed by atoms with E-state index in [2.05, 4.69) is 15.6 Å². The Kier molecular flexibility index (Phi) is 5.45. The Bertz CT molecular complexity index is 864. The molecule has 2 atom stereocenters. The maximum atomic E-state index is 12.2. The number of aromatic amines is 1. The van der Waals surface area contributed by atoms with Gasteiger partial charge in [-0.1, -0.05) is 12.1 Å². The van der Waals surface area contributed by atoms with E-state index in [1.54, 1.807) is 24.3 Å². The Morgan fingerprint density at radius 2 is 1.85 bits per heavy atom. The third-order valence-electron chi connectivity index (χ3n) is 4.03. The van der Waals surface area contributed by atoms with Crippen LogP contribution in [0.15, 0.2) is 47.3 Å². The lowest BCUT2D eigenvalue weighted by molar-refractivity contribution is -0.117. The molecule has 1 aliphatic rings. The fourth-order valence-corrected chi connectivity index (χ4v) is 2.69. The van der Waals surface area contributed by atoms with Crippen LogP contribution in [0.4, 0.5) is 11.4 Å². The predicted octanol–water partition coefficient (Wildman–Crippen LogP) is 0.963. The second kappa shape index (κ2) is 7.94. The molecule has 1 aliphatic heterocycles. The van der Waals surface area contributed by atoms with Gasteiger partial charge in [0, 0.05) is 29.8 Å². The number of rotatable bonds is 5. The molecule has 3 rings (SSSR count). The number of anilines is 2. The summed E-state index contributed by atoms with van der Waals surface area (Å²) in [5.74, 6) is -0.916. The van der Waals surface area contributed by atoms with Crippen LogP contribution in [0.25, 0.3) is 0 Å². The number of ether oxygens (including phenoxy) is 1. The van der Waals surface area contributed by atoms with Crippen LogP contribution in [-0.4, -0.2) is 41.2 Å². The summed E-state index contributed by atoms with van der Waals surface area (Å²) in [5, 5.41) is 15.1. The zero-order valence-corrected chi connectivity index (χ0v) is 13.9. The number of amides is 2. The highest BCUT2D eigenvalue weighted by molar-refractivity contribution is 6.03. The largest absolute Gasteiger partial charge is 0.390 e. The van der Waals surface area contributed by atoms with Gasteiger partial charge in [-0.3, -0.25) is 14.4 Å². The Balaban J connectivity index is 1.61. The van der Waals surface area contributed by atoms with Gasteiger partial charge in [0.1, 0.15) is 5.69 Å². The standard InChI is InChI=1S/C18H19N3O5/c22-15-10-26-9-11(15)7-17(24)19-12-3-1-4-13(8-12)20-18(25)14-5-2-6-16(23)21-14/h1-6,8,11,15,22H,7,9-10H2,(H,19,24)(H,20,25)(H,21,23)/t11-,15-/m1/s1. The third-order valence-corrected chi connectivity index (χ3v) is 4.03. The van der Waals surface area contributed by atoms with Crippen LogP contribution >= 0.6 is 0 Å². The van der Waals surface area contributed by atoms with Crippen molar-refractivity contribution in [1.29, 1.82) is 0 Å². The van der Waals surface area contributed by atoms with Crippen molar-refractivity contribution in [2.75, 3.05) is 23.8 Å². The number of aliphatic hydroxyl groups excluding tert-OH is 1.